The molecule has 2 aromatic rings. The van der Waals surface area contributed by atoms with E-state index in [-0.39, 0.29) is 11.9 Å². The number of carbonyl (C=O) groups excluding carboxylic acids is 1. The summed E-state index contributed by atoms with van der Waals surface area (Å²) in [7, 11) is 0. The Morgan fingerprint density at radius 3 is 2.83 bits per heavy atom. The van der Waals surface area contributed by atoms with Gasteiger partial charge in [-0.15, -0.1) is 0 Å². The lowest BCUT2D eigenvalue weighted by atomic mass is 10.2. The van der Waals surface area contributed by atoms with Crippen LogP contribution < -0.4 is 5.32 Å². The molecule has 1 unspecified atom stereocenters. The minimum Gasteiger partial charge on any atom is -0.469 e. The molecule has 0 spiro atoms. The Balaban J connectivity index is 1.80. The highest BCUT2D eigenvalue weighted by molar-refractivity contribution is 5.76. The molecule has 0 saturated heterocycles. The Labute approximate surface area is 106 Å². The molecule has 0 aliphatic heterocycles. The van der Waals surface area contributed by atoms with Crippen LogP contribution in [0.5, 0.6) is 0 Å². The summed E-state index contributed by atoms with van der Waals surface area (Å²) in [5.41, 5.74) is 0. The number of nitrogens with one attached hydrogen (secondary N) is 1. The summed E-state index contributed by atoms with van der Waals surface area (Å²) in [5, 5.41) is 2.90. The molecule has 2 heterocycles. The number of carbonyl (C=O) groups is 1. The van der Waals surface area contributed by atoms with Crippen LogP contribution in [0.15, 0.2) is 39.4 Å². The van der Waals surface area contributed by atoms with E-state index in [1.165, 1.54) is 0 Å². The number of hydrogen-bond donors (Lipinski definition) is 1. The molecule has 18 heavy (non-hydrogen) atoms. The van der Waals surface area contributed by atoms with Gasteiger partial charge in [0.1, 0.15) is 17.3 Å². The molecule has 0 aliphatic rings. The molecule has 0 aliphatic carbocycles. The van der Waals surface area contributed by atoms with Crippen molar-refractivity contribution >= 4 is 5.91 Å². The van der Waals surface area contributed by atoms with Crippen LogP contribution in [0.1, 0.15) is 36.7 Å². The second-order valence-electron chi connectivity index (χ2n) is 4.32. The third kappa shape index (κ3) is 3.26. The van der Waals surface area contributed by atoms with E-state index in [1.807, 2.05) is 38.1 Å². The van der Waals surface area contributed by atoms with Gasteiger partial charge in [0.2, 0.25) is 5.91 Å². The zero-order valence-electron chi connectivity index (χ0n) is 10.6. The van der Waals surface area contributed by atoms with Crippen molar-refractivity contribution in [1.82, 2.24) is 5.32 Å². The van der Waals surface area contributed by atoms with Gasteiger partial charge in [0.25, 0.3) is 0 Å². The predicted molar refractivity (Wildman–Crippen MR) is 67.0 cm³/mol. The van der Waals surface area contributed by atoms with Crippen molar-refractivity contribution in [2.45, 2.75) is 32.7 Å². The van der Waals surface area contributed by atoms with Crippen molar-refractivity contribution < 1.29 is 13.6 Å². The Hall–Kier alpha value is -1.97. The molecule has 0 bridgehead atoms. The fraction of sp³-hybridized carbons (Fsp3) is 0.357. The first-order valence-electron chi connectivity index (χ1n) is 6.03. The van der Waals surface area contributed by atoms with Gasteiger partial charge >= 0.3 is 0 Å². The average Bonchev–Trinajstić information content (AvgIpc) is 2.97. The van der Waals surface area contributed by atoms with Crippen LogP contribution in [0.4, 0.5) is 0 Å². The highest BCUT2D eigenvalue weighted by atomic mass is 16.3. The van der Waals surface area contributed by atoms with Crippen LogP contribution in [0.2, 0.25) is 0 Å². The molecular weight excluding hydrogens is 230 g/mol. The van der Waals surface area contributed by atoms with E-state index in [4.69, 9.17) is 8.83 Å². The number of amides is 1. The van der Waals surface area contributed by atoms with Crippen LogP contribution in [0.25, 0.3) is 0 Å². The van der Waals surface area contributed by atoms with Crippen molar-refractivity contribution in [3.8, 4) is 0 Å². The molecule has 2 aromatic heterocycles. The summed E-state index contributed by atoms with van der Waals surface area (Å²) >= 11 is 0. The average molecular weight is 247 g/mol. The van der Waals surface area contributed by atoms with Gasteiger partial charge in [0, 0.05) is 12.8 Å². The zero-order valence-corrected chi connectivity index (χ0v) is 10.6. The number of rotatable bonds is 5. The highest BCUT2D eigenvalue weighted by Crippen LogP contribution is 2.15. The van der Waals surface area contributed by atoms with Crippen LogP contribution in [-0.4, -0.2) is 5.91 Å². The quantitative estimate of drug-likeness (QED) is 0.883. The van der Waals surface area contributed by atoms with E-state index < -0.39 is 0 Å². The lowest BCUT2D eigenvalue weighted by Gasteiger charge is -2.10. The van der Waals surface area contributed by atoms with E-state index >= 15 is 0 Å². The zero-order chi connectivity index (χ0) is 13.0. The Kier molecular flexibility index (Phi) is 3.87. The largest absolute Gasteiger partial charge is 0.469 e. The summed E-state index contributed by atoms with van der Waals surface area (Å²) in [6.45, 7) is 3.79. The molecule has 4 heteroatoms. The molecule has 2 rings (SSSR count). The molecule has 0 aromatic carbocycles. The lowest BCUT2D eigenvalue weighted by molar-refractivity contribution is -0.121. The lowest BCUT2D eigenvalue weighted by Crippen LogP contribution is -2.26. The van der Waals surface area contributed by atoms with Gasteiger partial charge in [0.15, 0.2) is 0 Å². The summed E-state index contributed by atoms with van der Waals surface area (Å²) in [6.07, 6.45) is 2.64. The fourth-order valence-corrected chi connectivity index (χ4v) is 1.76. The maximum Gasteiger partial charge on any atom is 0.221 e. The topological polar surface area (TPSA) is 55.4 Å². The van der Waals surface area contributed by atoms with Crippen molar-refractivity contribution in [3.05, 3.63) is 47.8 Å². The smallest absolute Gasteiger partial charge is 0.221 e. The maximum atomic E-state index is 11.7. The number of hydrogen-bond acceptors (Lipinski definition) is 3. The summed E-state index contributed by atoms with van der Waals surface area (Å²) in [4.78, 5) is 11.7. The van der Waals surface area contributed by atoms with Crippen LogP contribution >= 0.6 is 0 Å². The summed E-state index contributed by atoms with van der Waals surface area (Å²) < 4.78 is 10.6. The first-order chi connectivity index (χ1) is 8.65. The molecule has 0 saturated carbocycles. The van der Waals surface area contributed by atoms with E-state index in [0.29, 0.717) is 12.8 Å². The van der Waals surface area contributed by atoms with Crippen molar-refractivity contribution in [3.63, 3.8) is 0 Å². The van der Waals surface area contributed by atoms with Crippen molar-refractivity contribution in [2.24, 2.45) is 0 Å². The van der Waals surface area contributed by atoms with Gasteiger partial charge in [0.05, 0.1) is 12.3 Å². The SMILES string of the molecule is Cc1ccc(C(C)NC(=O)CCc2ccco2)o1. The molecule has 96 valence electrons. The van der Waals surface area contributed by atoms with Gasteiger partial charge in [-0.2, -0.15) is 0 Å². The Morgan fingerprint density at radius 2 is 2.22 bits per heavy atom. The van der Waals surface area contributed by atoms with Gasteiger partial charge in [-0.3, -0.25) is 4.79 Å². The van der Waals surface area contributed by atoms with Crippen molar-refractivity contribution in [2.75, 3.05) is 0 Å². The molecule has 1 amide bonds. The van der Waals surface area contributed by atoms with Crippen molar-refractivity contribution in [1.29, 1.82) is 0 Å². The summed E-state index contributed by atoms with van der Waals surface area (Å²) in [5.74, 6) is 2.44. The third-order valence-corrected chi connectivity index (χ3v) is 2.74. The minimum atomic E-state index is -0.109. The van der Waals surface area contributed by atoms with E-state index in [9.17, 15) is 4.79 Å². The maximum absolute atomic E-state index is 11.7. The second-order valence-corrected chi connectivity index (χ2v) is 4.32. The van der Waals surface area contributed by atoms with E-state index in [1.54, 1.807) is 6.26 Å². The monoisotopic (exact) mass is 247 g/mol. The minimum absolute atomic E-state index is 0.00652. The Morgan fingerprint density at radius 1 is 1.39 bits per heavy atom. The third-order valence-electron chi connectivity index (χ3n) is 2.74. The molecule has 4 nitrogen and oxygen atoms in total. The van der Waals surface area contributed by atoms with E-state index in [0.717, 1.165) is 17.3 Å². The number of aryl methyl sites for hydroxylation is 2. The van der Waals surface area contributed by atoms with Gasteiger partial charge in [-0.25, -0.2) is 0 Å². The molecule has 1 atom stereocenters. The Bertz CT molecular complexity index is 499. The first kappa shape index (κ1) is 12.5. The second kappa shape index (κ2) is 5.58. The number of furan rings is 2. The molecular formula is C14H17NO3. The highest BCUT2D eigenvalue weighted by Gasteiger charge is 2.12. The van der Waals surface area contributed by atoms with Crippen LogP contribution in [-0.2, 0) is 11.2 Å². The van der Waals surface area contributed by atoms with Gasteiger partial charge in [-0.1, -0.05) is 0 Å². The van der Waals surface area contributed by atoms with Gasteiger partial charge in [-0.05, 0) is 38.1 Å². The van der Waals surface area contributed by atoms with E-state index in [2.05, 4.69) is 5.32 Å². The fourth-order valence-electron chi connectivity index (χ4n) is 1.76. The normalized spacial score (nSPS) is 12.3. The van der Waals surface area contributed by atoms with Gasteiger partial charge < -0.3 is 14.2 Å². The van der Waals surface area contributed by atoms with Crippen LogP contribution in [0.3, 0.4) is 0 Å². The molecule has 1 N–H and O–H groups in total. The first-order valence-corrected chi connectivity index (χ1v) is 6.03. The predicted octanol–water partition coefficient (Wildman–Crippen LogP) is 2.99. The molecule has 0 radical (unpaired) electrons. The molecule has 0 fully saturated rings. The standard InChI is InChI=1S/C14H17NO3/c1-10-5-7-13(18-10)11(2)15-14(16)8-6-12-4-3-9-17-12/h3-5,7,9,11H,6,8H2,1-2H3,(H,15,16). The van der Waals surface area contributed by atoms with Crippen LogP contribution in [0, 0.1) is 6.92 Å². The summed E-state index contributed by atoms with van der Waals surface area (Å²) in [6, 6.07) is 7.35.